The Hall–Kier alpha value is -4.72. The summed E-state index contributed by atoms with van der Waals surface area (Å²) in [6.07, 6.45) is 3.40. The molecule has 4 heterocycles. The van der Waals surface area contributed by atoms with Crippen molar-refractivity contribution in [3.05, 3.63) is 77.4 Å². The molecule has 5 rings (SSSR count). The van der Waals surface area contributed by atoms with Gasteiger partial charge in [-0.3, -0.25) is 4.79 Å². The van der Waals surface area contributed by atoms with Gasteiger partial charge in [0.1, 0.15) is 17.3 Å². The molecule has 218 valence electrons. The molecule has 1 amide bonds. The third-order valence-electron chi connectivity index (χ3n) is 7.14. The van der Waals surface area contributed by atoms with Crippen LogP contribution in [0.15, 0.2) is 65.1 Å². The number of aromatic nitrogens is 4. The molecule has 0 aliphatic carbocycles. The zero-order valence-corrected chi connectivity index (χ0v) is 23.8. The van der Waals surface area contributed by atoms with E-state index in [0.29, 0.717) is 0 Å². The number of sulfone groups is 1. The van der Waals surface area contributed by atoms with Gasteiger partial charge >= 0.3 is 5.69 Å². The summed E-state index contributed by atoms with van der Waals surface area (Å²) in [5.74, 6) is -1.97. The van der Waals surface area contributed by atoms with Gasteiger partial charge in [-0.05, 0) is 50.3 Å². The standard InChI is InChI=1S/C28H27F2N7O4S/c1-5-22(38)35-13-16(3)36(14-15(35)2)25-17-12-19(30)24(23-18(29)8-6-9-20(23)31)33-26(17)37(28(39)34-25)21-10-7-11-32-27(21)42(4,40)41/h5-12,15-16H,1,13-14,31H2,2-4H3/t15-,16-/m0/s1. The number of hydrogen-bond acceptors (Lipinski definition) is 9. The lowest BCUT2D eigenvalue weighted by atomic mass is 10.1. The summed E-state index contributed by atoms with van der Waals surface area (Å²) in [5.41, 5.74) is 3.83. The molecule has 1 aliphatic rings. The number of rotatable bonds is 5. The van der Waals surface area contributed by atoms with E-state index in [1.165, 1.54) is 36.5 Å². The van der Waals surface area contributed by atoms with E-state index in [0.717, 1.165) is 23.0 Å². The molecular weight excluding hydrogens is 568 g/mol. The number of benzene rings is 1. The molecule has 3 aromatic heterocycles. The number of anilines is 2. The van der Waals surface area contributed by atoms with Crippen molar-refractivity contribution in [2.24, 2.45) is 0 Å². The van der Waals surface area contributed by atoms with E-state index in [4.69, 9.17) is 5.73 Å². The fourth-order valence-corrected chi connectivity index (χ4v) is 5.98. The lowest BCUT2D eigenvalue weighted by molar-refractivity contribution is -0.128. The smallest absolute Gasteiger partial charge is 0.355 e. The highest BCUT2D eigenvalue weighted by molar-refractivity contribution is 7.90. The van der Waals surface area contributed by atoms with Gasteiger partial charge in [-0.15, -0.1) is 0 Å². The Morgan fingerprint density at radius 3 is 2.50 bits per heavy atom. The number of carbonyl (C=O) groups excluding carboxylic acids is 1. The SMILES string of the molecule is C=CC(=O)N1C[C@H](C)N(c2nc(=O)n(-c3cccnc3S(C)(=O)=O)c3nc(-c4c(N)cccc4F)c(F)cc23)C[C@@H]1C. The molecule has 1 fully saturated rings. The van der Waals surface area contributed by atoms with Crippen LogP contribution in [0.2, 0.25) is 0 Å². The number of pyridine rings is 2. The van der Waals surface area contributed by atoms with Gasteiger partial charge in [0.15, 0.2) is 26.3 Å². The number of nitrogens with two attached hydrogens (primary N) is 1. The predicted octanol–water partition coefficient (Wildman–Crippen LogP) is 2.72. The molecule has 11 nitrogen and oxygen atoms in total. The van der Waals surface area contributed by atoms with E-state index >= 15 is 4.39 Å². The first-order chi connectivity index (χ1) is 19.8. The summed E-state index contributed by atoms with van der Waals surface area (Å²) in [6.45, 7) is 7.67. The van der Waals surface area contributed by atoms with Gasteiger partial charge in [-0.2, -0.15) is 4.98 Å². The van der Waals surface area contributed by atoms with Crippen LogP contribution >= 0.6 is 0 Å². The van der Waals surface area contributed by atoms with E-state index in [9.17, 15) is 22.4 Å². The number of nitrogen functional groups attached to an aromatic ring is 1. The Bertz CT molecular complexity index is 1910. The van der Waals surface area contributed by atoms with Crippen molar-refractivity contribution in [1.82, 2.24) is 24.4 Å². The van der Waals surface area contributed by atoms with Crippen LogP contribution in [0.1, 0.15) is 13.8 Å². The highest BCUT2D eigenvalue weighted by Crippen LogP contribution is 2.35. The fraction of sp³-hybridized carbons (Fsp3) is 0.250. The number of carbonyl (C=O) groups is 1. The Labute approximate surface area is 239 Å². The number of nitrogens with zero attached hydrogens (tertiary/aromatic N) is 6. The third-order valence-corrected chi connectivity index (χ3v) is 8.16. The Kier molecular flexibility index (Phi) is 7.27. The quantitative estimate of drug-likeness (QED) is 0.272. The van der Waals surface area contributed by atoms with Gasteiger partial charge in [0.25, 0.3) is 0 Å². The second kappa shape index (κ2) is 10.6. The first-order valence-corrected chi connectivity index (χ1v) is 14.7. The molecule has 14 heteroatoms. The normalized spacial score (nSPS) is 17.5. The van der Waals surface area contributed by atoms with Crippen LogP contribution in [0.4, 0.5) is 20.3 Å². The Morgan fingerprint density at radius 1 is 1.10 bits per heavy atom. The van der Waals surface area contributed by atoms with E-state index in [2.05, 4.69) is 21.5 Å². The molecule has 1 saturated heterocycles. The molecule has 0 spiro atoms. The molecule has 2 atom stereocenters. The van der Waals surface area contributed by atoms with Gasteiger partial charge in [0.05, 0.1) is 16.6 Å². The largest absolute Gasteiger partial charge is 0.398 e. The number of amides is 1. The van der Waals surface area contributed by atoms with Crippen LogP contribution in [0.25, 0.3) is 28.0 Å². The first kappa shape index (κ1) is 28.8. The molecule has 42 heavy (non-hydrogen) atoms. The van der Waals surface area contributed by atoms with E-state index < -0.39 is 37.9 Å². The lowest BCUT2D eigenvalue weighted by Crippen LogP contribution is -2.58. The molecule has 0 saturated carbocycles. The molecule has 1 aliphatic heterocycles. The van der Waals surface area contributed by atoms with Gasteiger partial charge < -0.3 is 15.5 Å². The summed E-state index contributed by atoms with van der Waals surface area (Å²) in [7, 11) is -3.95. The maximum atomic E-state index is 15.8. The van der Waals surface area contributed by atoms with E-state index in [1.54, 1.807) is 9.80 Å². The van der Waals surface area contributed by atoms with Crippen LogP contribution < -0.4 is 16.3 Å². The summed E-state index contributed by atoms with van der Waals surface area (Å²) in [6, 6.07) is 6.98. The van der Waals surface area contributed by atoms with Crippen molar-refractivity contribution in [3.63, 3.8) is 0 Å². The summed E-state index contributed by atoms with van der Waals surface area (Å²) < 4.78 is 56.9. The molecule has 0 bridgehead atoms. The highest BCUT2D eigenvalue weighted by Gasteiger charge is 2.34. The topological polar surface area (TPSA) is 144 Å². The van der Waals surface area contributed by atoms with Crippen LogP contribution in [0, 0.1) is 11.6 Å². The molecular formula is C28H27F2N7O4S. The van der Waals surface area contributed by atoms with Crippen molar-refractivity contribution in [2.75, 3.05) is 30.0 Å². The van der Waals surface area contributed by atoms with E-state index in [-0.39, 0.29) is 64.9 Å². The average Bonchev–Trinajstić information content (AvgIpc) is 2.93. The van der Waals surface area contributed by atoms with Crippen molar-refractivity contribution in [1.29, 1.82) is 0 Å². The number of hydrogen-bond donors (Lipinski definition) is 1. The van der Waals surface area contributed by atoms with Crippen molar-refractivity contribution in [3.8, 4) is 16.9 Å². The lowest BCUT2D eigenvalue weighted by Gasteiger charge is -2.44. The zero-order chi connectivity index (χ0) is 30.5. The van der Waals surface area contributed by atoms with Crippen LogP contribution in [-0.2, 0) is 14.6 Å². The minimum absolute atomic E-state index is 0.0524. The second-order valence-corrected chi connectivity index (χ2v) is 12.0. The number of piperazine rings is 1. The van der Waals surface area contributed by atoms with Crippen LogP contribution in [-0.4, -0.2) is 70.2 Å². The Morgan fingerprint density at radius 2 is 1.83 bits per heavy atom. The highest BCUT2D eigenvalue weighted by atomic mass is 32.2. The van der Waals surface area contributed by atoms with Gasteiger partial charge in [-0.25, -0.2) is 36.5 Å². The summed E-state index contributed by atoms with van der Waals surface area (Å²) >= 11 is 0. The number of halogens is 2. The maximum Gasteiger partial charge on any atom is 0.355 e. The van der Waals surface area contributed by atoms with Crippen molar-refractivity contribution >= 4 is 38.3 Å². The molecule has 0 radical (unpaired) electrons. The van der Waals surface area contributed by atoms with Crippen molar-refractivity contribution in [2.45, 2.75) is 31.0 Å². The van der Waals surface area contributed by atoms with Gasteiger partial charge in [0.2, 0.25) is 5.91 Å². The zero-order valence-electron chi connectivity index (χ0n) is 23.0. The summed E-state index contributed by atoms with van der Waals surface area (Å²) in [4.78, 5) is 42.1. The second-order valence-electron chi connectivity index (χ2n) is 10.1. The minimum Gasteiger partial charge on any atom is -0.398 e. The third kappa shape index (κ3) is 4.87. The molecule has 0 unspecified atom stereocenters. The Balaban J connectivity index is 1.84. The molecule has 4 aromatic rings. The number of fused-ring (bicyclic) bond motifs is 1. The monoisotopic (exact) mass is 595 g/mol. The average molecular weight is 596 g/mol. The van der Waals surface area contributed by atoms with E-state index in [1.807, 2.05) is 13.8 Å². The first-order valence-electron chi connectivity index (χ1n) is 12.9. The minimum atomic E-state index is -3.95. The summed E-state index contributed by atoms with van der Waals surface area (Å²) in [5, 5.41) is -0.379. The van der Waals surface area contributed by atoms with Crippen LogP contribution in [0.5, 0.6) is 0 Å². The molecule has 1 aromatic carbocycles. The maximum absolute atomic E-state index is 15.8. The molecule has 2 N–H and O–H groups in total. The fourth-order valence-electron chi connectivity index (χ4n) is 5.19. The van der Waals surface area contributed by atoms with Gasteiger partial charge in [-0.1, -0.05) is 12.6 Å². The van der Waals surface area contributed by atoms with Gasteiger partial charge in [0, 0.05) is 43.3 Å². The van der Waals surface area contributed by atoms with Crippen LogP contribution in [0.3, 0.4) is 0 Å². The van der Waals surface area contributed by atoms with Crippen molar-refractivity contribution < 1.29 is 22.0 Å². The predicted molar refractivity (Wildman–Crippen MR) is 154 cm³/mol.